The Labute approximate surface area is 146 Å². The zero-order chi connectivity index (χ0) is 16.6. The lowest BCUT2D eigenvalue weighted by molar-refractivity contribution is 0.665. The van der Waals surface area contributed by atoms with E-state index in [2.05, 4.69) is 89.1 Å². The van der Waals surface area contributed by atoms with E-state index in [1.165, 1.54) is 32.7 Å². The zero-order valence-electron chi connectivity index (χ0n) is 13.8. The van der Waals surface area contributed by atoms with Gasteiger partial charge in [0.15, 0.2) is 0 Å². The fourth-order valence-electron chi connectivity index (χ4n) is 3.93. The van der Waals surface area contributed by atoms with Gasteiger partial charge in [-0.1, -0.05) is 78.9 Å². The van der Waals surface area contributed by atoms with Gasteiger partial charge in [-0.15, -0.1) is 0 Å². The topological polar surface area (TPSA) is 24.7 Å². The summed E-state index contributed by atoms with van der Waals surface area (Å²) < 4.78 is 0. The second-order valence-electron chi connectivity index (χ2n) is 6.64. The average molecular weight is 322 g/mol. The van der Waals surface area contributed by atoms with Gasteiger partial charge in [0.05, 0.1) is 12.1 Å². The van der Waals surface area contributed by atoms with Gasteiger partial charge < -0.3 is 0 Å². The fourth-order valence-corrected chi connectivity index (χ4v) is 3.93. The Balaban J connectivity index is 1.66. The molecule has 25 heavy (non-hydrogen) atoms. The number of azo groups is 1. The molecule has 2 atom stereocenters. The lowest BCUT2D eigenvalue weighted by Gasteiger charge is -2.15. The monoisotopic (exact) mass is 322 g/mol. The SMILES string of the molecule is c1ccc(C2CC(c3c4ccccc4cc4ccccc34)N=N2)cc1. The highest BCUT2D eigenvalue weighted by molar-refractivity contribution is 6.02. The third-order valence-corrected chi connectivity index (χ3v) is 5.12. The summed E-state index contributed by atoms with van der Waals surface area (Å²) in [5, 5.41) is 14.4. The summed E-state index contributed by atoms with van der Waals surface area (Å²) in [6.07, 6.45) is 0.933. The minimum absolute atomic E-state index is 0.112. The van der Waals surface area contributed by atoms with Crippen LogP contribution >= 0.6 is 0 Å². The second kappa shape index (κ2) is 5.82. The van der Waals surface area contributed by atoms with Crippen LogP contribution in [0.3, 0.4) is 0 Å². The highest BCUT2D eigenvalue weighted by Gasteiger charge is 2.27. The molecule has 2 heteroatoms. The van der Waals surface area contributed by atoms with Crippen molar-refractivity contribution in [3.8, 4) is 0 Å². The Hall–Kier alpha value is -3.00. The van der Waals surface area contributed by atoms with Gasteiger partial charge in [-0.05, 0) is 38.7 Å². The molecule has 0 aromatic heterocycles. The molecule has 0 aliphatic carbocycles. The van der Waals surface area contributed by atoms with Crippen molar-refractivity contribution in [2.24, 2.45) is 10.2 Å². The maximum atomic E-state index is 4.69. The van der Waals surface area contributed by atoms with Gasteiger partial charge >= 0.3 is 0 Å². The molecule has 1 aliphatic heterocycles. The van der Waals surface area contributed by atoms with Gasteiger partial charge in [0.1, 0.15) is 0 Å². The molecule has 4 aromatic rings. The summed E-state index contributed by atoms with van der Waals surface area (Å²) in [5.74, 6) is 0. The normalized spacial score (nSPS) is 19.7. The van der Waals surface area contributed by atoms with Crippen molar-refractivity contribution in [1.29, 1.82) is 0 Å². The van der Waals surface area contributed by atoms with Crippen molar-refractivity contribution in [1.82, 2.24) is 0 Å². The molecule has 0 N–H and O–H groups in total. The lowest BCUT2D eigenvalue weighted by atomic mass is 9.89. The van der Waals surface area contributed by atoms with E-state index in [9.17, 15) is 0 Å². The van der Waals surface area contributed by atoms with E-state index in [-0.39, 0.29) is 12.1 Å². The molecule has 1 aliphatic rings. The summed E-state index contributed by atoms with van der Waals surface area (Å²) in [6, 6.07) is 30.3. The van der Waals surface area contributed by atoms with Gasteiger partial charge in [-0.3, -0.25) is 0 Å². The number of benzene rings is 4. The molecule has 0 saturated carbocycles. The first-order valence-electron chi connectivity index (χ1n) is 8.75. The quantitative estimate of drug-likeness (QED) is 0.370. The third kappa shape index (κ3) is 2.42. The van der Waals surface area contributed by atoms with Crippen LogP contribution in [0, 0.1) is 0 Å². The van der Waals surface area contributed by atoms with Crippen molar-refractivity contribution < 1.29 is 0 Å². The highest BCUT2D eigenvalue weighted by Crippen LogP contribution is 2.43. The molecule has 0 spiro atoms. The van der Waals surface area contributed by atoms with Crippen molar-refractivity contribution in [3.63, 3.8) is 0 Å². The molecule has 120 valence electrons. The van der Waals surface area contributed by atoms with E-state index in [4.69, 9.17) is 0 Å². The molecular formula is C23H18N2. The maximum Gasteiger partial charge on any atom is 0.0994 e. The van der Waals surface area contributed by atoms with E-state index in [0.29, 0.717) is 0 Å². The first kappa shape index (κ1) is 14.4. The van der Waals surface area contributed by atoms with E-state index >= 15 is 0 Å². The number of hydrogen-bond donors (Lipinski definition) is 0. The van der Waals surface area contributed by atoms with Crippen molar-refractivity contribution >= 4 is 21.5 Å². The summed E-state index contributed by atoms with van der Waals surface area (Å²) >= 11 is 0. The molecule has 0 radical (unpaired) electrons. The summed E-state index contributed by atoms with van der Waals surface area (Å²) in [4.78, 5) is 0. The Bertz CT molecular complexity index is 1030. The van der Waals surface area contributed by atoms with Gasteiger partial charge in [-0.2, -0.15) is 10.2 Å². The Morgan fingerprint density at radius 2 is 1.16 bits per heavy atom. The zero-order valence-corrected chi connectivity index (χ0v) is 13.8. The molecular weight excluding hydrogens is 304 g/mol. The van der Waals surface area contributed by atoms with Crippen LogP contribution < -0.4 is 0 Å². The fraction of sp³-hybridized carbons (Fsp3) is 0.130. The lowest BCUT2D eigenvalue weighted by Crippen LogP contribution is -1.99. The minimum Gasteiger partial charge on any atom is -0.185 e. The molecule has 4 aromatic carbocycles. The Kier molecular flexibility index (Phi) is 3.34. The molecule has 5 rings (SSSR count). The predicted molar refractivity (Wildman–Crippen MR) is 103 cm³/mol. The summed E-state index contributed by atoms with van der Waals surface area (Å²) in [5.41, 5.74) is 2.56. The van der Waals surface area contributed by atoms with E-state index < -0.39 is 0 Å². The molecule has 0 saturated heterocycles. The largest absolute Gasteiger partial charge is 0.185 e. The van der Waals surface area contributed by atoms with Gasteiger partial charge in [0.25, 0.3) is 0 Å². The third-order valence-electron chi connectivity index (χ3n) is 5.12. The van der Waals surface area contributed by atoms with Crippen molar-refractivity contribution in [2.75, 3.05) is 0 Å². The average Bonchev–Trinajstić information content (AvgIpc) is 3.16. The first-order valence-corrected chi connectivity index (χ1v) is 8.75. The number of fused-ring (bicyclic) bond motifs is 2. The van der Waals surface area contributed by atoms with Crippen LogP contribution in [0.2, 0.25) is 0 Å². The molecule has 0 bridgehead atoms. The van der Waals surface area contributed by atoms with Crippen molar-refractivity contribution in [2.45, 2.75) is 18.5 Å². The van der Waals surface area contributed by atoms with E-state index in [0.717, 1.165) is 6.42 Å². The van der Waals surface area contributed by atoms with Crippen LogP contribution in [0.15, 0.2) is 95.2 Å². The maximum absolute atomic E-state index is 4.69. The molecule has 1 heterocycles. The smallest absolute Gasteiger partial charge is 0.0994 e. The Morgan fingerprint density at radius 3 is 1.84 bits per heavy atom. The van der Waals surface area contributed by atoms with E-state index in [1.807, 2.05) is 6.07 Å². The number of hydrogen-bond acceptors (Lipinski definition) is 2. The van der Waals surface area contributed by atoms with Crippen LogP contribution in [0.25, 0.3) is 21.5 Å². The minimum atomic E-state index is 0.112. The van der Waals surface area contributed by atoms with Crippen molar-refractivity contribution in [3.05, 3.63) is 96.1 Å². The number of rotatable bonds is 2. The van der Waals surface area contributed by atoms with Gasteiger partial charge in [0, 0.05) is 6.42 Å². The van der Waals surface area contributed by atoms with Crippen LogP contribution in [-0.4, -0.2) is 0 Å². The standard InChI is InChI=1S/C23H18N2/c1-2-8-16(9-3-1)21-15-22(25-24-21)23-19-12-6-4-10-17(19)14-18-11-5-7-13-20(18)23/h1-14,21-22H,15H2. The predicted octanol–water partition coefficient (Wildman–Crippen LogP) is 6.63. The Morgan fingerprint density at radius 1 is 0.600 bits per heavy atom. The van der Waals surface area contributed by atoms with Gasteiger partial charge in [-0.25, -0.2) is 0 Å². The highest BCUT2D eigenvalue weighted by atomic mass is 15.2. The number of nitrogens with zero attached hydrogens (tertiary/aromatic N) is 2. The molecule has 2 unspecified atom stereocenters. The van der Waals surface area contributed by atoms with Gasteiger partial charge in [0.2, 0.25) is 0 Å². The summed E-state index contributed by atoms with van der Waals surface area (Å²) in [6.45, 7) is 0. The van der Waals surface area contributed by atoms with E-state index in [1.54, 1.807) is 0 Å². The molecule has 2 nitrogen and oxygen atoms in total. The summed E-state index contributed by atoms with van der Waals surface area (Å²) in [7, 11) is 0. The van der Waals surface area contributed by atoms with Crippen LogP contribution in [0.1, 0.15) is 29.6 Å². The first-order chi connectivity index (χ1) is 12.4. The van der Waals surface area contributed by atoms with Crippen LogP contribution in [0.5, 0.6) is 0 Å². The molecule has 0 fully saturated rings. The second-order valence-corrected chi connectivity index (χ2v) is 6.64. The van der Waals surface area contributed by atoms with Crippen LogP contribution in [0.4, 0.5) is 0 Å². The van der Waals surface area contributed by atoms with Crippen LogP contribution in [-0.2, 0) is 0 Å². The molecule has 0 amide bonds.